The van der Waals surface area contributed by atoms with Gasteiger partial charge in [-0.05, 0) is 37.1 Å². The molecule has 0 saturated carbocycles. The molecule has 1 amide bonds. The first-order valence-corrected chi connectivity index (χ1v) is 11.9. The SMILES string of the molecule is O=C(NCC(O)COc1ccc2c(c1)OCO2)C1CCCN(S(=O)(=O)c2ccccc2)C1. The molecule has 1 saturated heterocycles. The van der Waals surface area contributed by atoms with Crippen molar-refractivity contribution in [2.45, 2.75) is 23.8 Å². The van der Waals surface area contributed by atoms with Gasteiger partial charge in [-0.2, -0.15) is 4.31 Å². The Morgan fingerprint density at radius 1 is 1.19 bits per heavy atom. The molecule has 2 N–H and O–H groups in total. The summed E-state index contributed by atoms with van der Waals surface area (Å²) in [5, 5.41) is 12.9. The molecule has 0 aliphatic carbocycles. The summed E-state index contributed by atoms with van der Waals surface area (Å²) in [5.41, 5.74) is 0. The standard InChI is InChI=1S/C22H26N2O7S/c25-17(14-29-18-8-9-20-21(11-18)31-15-30-20)12-23-22(26)16-5-4-10-24(13-16)32(27,28)19-6-2-1-3-7-19/h1-3,6-9,11,16-17,25H,4-5,10,12-15H2,(H,23,26). The summed E-state index contributed by atoms with van der Waals surface area (Å²) in [6, 6.07) is 13.3. The summed E-state index contributed by atoms with van der Waals surface area (Å²) in [4.78, 5) is 12.8. The minimum atomic E-state index is -3.64. The molecule has 0 spiro atoms. The first kappa shape index (κ1) is 22.4. The van der Waals surface area contributed by atoms with Crippen LogP contribution >= 0.6 is 0 Å². The lowest BCUT2D eigenvalue weighted by Gasteiger charge is -2.31. The molecule has 172 valence electrons. The number of nitrogens with zero attached hydrogens (tertiary/aromatic N) is 1. The zero-order valence-electron chi connectivity index (χ0n) is 17.5. The van der Waals surface area contributed by atoms with E-state index in [2.05, 4.69) is 5.32 Å². The summed E-state index contributed by atoms with van der Waals surface area (Å²) < 4.78 is 43.1. The van der Waals surface area contributed by atoms with Gasteiger partial charge in [0.2, 0.25) is 22.7 Å². The highest BCUT2D eigenvalue weighted by Gasteiger charge is 2.33. The smallest absolute Gasteiger partial charge is 0.243 e. The topological polar surface area (TPSA) is 114 Å². The fourth-order valence-electron chi connectivity index (χ4n) is 3.70. The van der Waals surface area contributed by atoms with Crippen LogP contribution in [0.3, 0.4) is 0 Å². The number of hydrogen-bond donors (Lipinski definition) is 2. The highest BCUT2D eigenvalue weighted by Crippen LogP contribution is 2.35. The van der Waals surface area contributed by atoms with Crippen molar-refractivity contribution in [1.82, 2.24) is 9.62 Å². The average Bonchev–Trinajstić information content (AvgIpc) is 3.30. The number of sulfonamides is 1. The number of amides is 1. The summed E-state index contributed by atoms with van der Waals surface area (Å²) in [7, 11) is -3.64. The molecule has 2 heterocycles. The molecule has 2 aromatic rings. The van der Waals surface area contributed by atoms with Crippen molar-refractivity contribution in [3.8, 4) is 17.2 Å². The maximum atomic E-state index is 12.8. The fourth-order valence-corrected chi connectivity index (χ4v) is 5.24. The Hall–Kier alpha value is -2.82. The number of fused-ring (bicyclic) bond motifs is 1. The Morgan fingerprint density at radius 3 is 2.78 bits per heavy atom. The fraction of sp³-hybridized carbons (Fsp3) is 0.409. The van der Waals surface area contributed by atoms with E-state index in [0.717, 1.165) is 0 Å². The third-order valence-electron chi connectivity index (χ3n) is 5.43. The predicted molar refractivity (Wildman–Crippen MR) is 115 cm³/mol. The van der Waals surface area contributed by atoms with Crippen LogP contribution in [0.25, 0.3) is 0 Å². The molecule has 4 rings (SSSR count). The van der Waals surface area contributed by atoms with Crippen molar-refractivity contribution in [3.63, 3.8) is 0 Å². The highest BCUT2D eigenvalue weighted by atomic mass is 32.2. The summed E-state index contributed by atoms with van der Waals surface area (Å²) in [6.45, 7) is 0.656. The van der Waals surface area contributed by atoms with Gasteiger partial charge in [-0.1, -0.05) is 18.2 Å². The lowest BCUT2D eigenvalue weighted by Crippen LogP contribution is -2.47. The molecule has 32 heavy (non-hydrogen) atoms. The average molecular weight is 463 g/mol. The van der Waals surface area contributed by atoms with Crippen LogP contribution in [0, 0.1) is 5.92 Å². The Balaban J connectivity index is 1.25. The van der Waals surface area contributed by atoms with Crippen molar-refractivity contribution < 1.29 is 32.5 Å². The molecule has 2 aliphatic rings. The first-order valence-electron chi connectivity index (χ1n) is 10.5. The number of nitrogens with one attached hydrogen (secondary N) is 1. The second-order valence-electron chi connectivity index (χ2n) is 7.74. The van der Waals surface area contributed by atoms with Crippen LogP contribution in [0.4, 0.5) is 0 Å². The molecule has 2 atom stereocenters. The van der Waals surface area contributed by atoms with E-state index in [9.17, 15) is 18.3 Å². The van der Waals surface area contributed by atoms with Crippen molar-refractivity contribution in [2.75, 3.05) is 33.0 Å². The molecular formula is C22H26N2O7S. The van der Waals surface area contributed by atoms with Crippen LogP contribution in [0.2, 0.25) is 0 Å². The van der Waals surface area contributed by atoms with Crippen LogP contribution in [0.15, 0.2) is 53.4 Å². The van der Waals surface area contributed by atoms with E-state index in [1.165, 1.54) is 4.31 Å². The summed E-state index contributed by atoms with van der Waals surface area (Å²) in [5.74, 6) is 0.997. The lowest BCUT2D eigenvalue weighted by atomic mass is 9.99. The number of carbonyl (C=O) groups is 1. The third kappa shape index (κ3) is 5.14. The molecule has 1 fully saturated rings. The number of benzene rings is 2. The minimum Gasteiger partial charge on any atom is -0.491 e. The van der Waals surface area contributed by atoms with Crippen LogP contribution in [-0.4, -0.2) is 62.9 Å². The monoisotopic (exact) mass is 462 g/mol. The van der Waals surface area contributed by atoms with Gasteiger partial charge in [0.15, 0.2) is 11.5 Å². The first-order chi connectivity index (χ1) is 15.4. The van der Waals surface area contributed by atoms with E-state index in [-0.39, 0.29) is 37.3 Å². The number of ether oxygens (including phenoxy) is 3. The molecule has 0 radical (unpaired) electrons. The van der Waals surface area contributed by atoms with Gasteiger partial charge in [0.25, 0.3) is 0 Å². The molecule has 10 heteroatoms. The molecule has 2 aliphatic heterocycles. The predicted octanol–water partition coefficient (Wildman–Crippen LogP) is 1.37. The Morgan fingerprint density at radius 2 is 1.97 bits per heavy atom. The van der Waals surface area contributed by atoms with E-state index in [4.69, 9.17) is 14.2 Å². The van der Waals surface area contributed by atoms with E-state index >= 15 is 0 Å². The summed E-state index contributed by atoms with van der Waals surface area (Å²) in [6.07, 6.45) is 0.272. The normalized spacial score (nSPS) is 19.3. The van der Waals surface area contributed by atoms with Gasteiger partial charge >= 0.3 is 0 Å². The van der Waals surface area contributed by atoms with Gasteiger partial charge in [-0.15, -0.1) is 0 Å². The Kier molecular flexibility index (Phi) is 6.83. The van der Waals surface area contributed by atoms with Gasteiger partial charge in [0.05, 0.1) is 10.8 Å². The van der Waals surface area contributed by atoms with Crippen molar-refractivity contribution in [3.05, 3.63) is 48.5 Å². The second-order valence-corrected chi connectivity index (χ2v) is 9.68. The molecule has 0 aromatic heterocycles. The van der Waals surface area contributed by atoms with E-state index in [0.29, 0.717) is 36.6 Å². The van der Waals surface area contributed by atoms with Gasteiger partial charge in [0, 0.05) is 25.7 Å². The van der Waals surface area contributed by atoms with Crippen LogP contribution in [0.5, 0.6) is 17.2 Å². The largest absolute Gasteiger partial charge is 0.491 e. The van der Waals surface area contributed by atoms with Crippen LogP contribution in [-0.2, 0) is 14.8 Å². The van der Waals surface area contributed by atoms with Crippen LogP contribution in [0.1, 0.15) is 12.8 Å². The van der Waals surface area contributed by atoms with Gasteiger partial charge in [-0.25, -0.2) is 8.42 Å². The van der Waals surface area contributed by atoms with E-state index < -0.39 is 22.0 Å². The van der Waals surface area contributed by atoms with Crippen molar-refractivity contribution in [1.29, 1.82) is 0 Å². The van der Waals surface area contributed by atoms with Gasteiger partial charge in [0.1, 0.15) is 18.5 Å². The maximum Gasteiger partial charge on any atom is 0.243 e. The Labute approximate surface area is 186 Å². The zero-order chi connectivity index (χ0) is 22.6. The lowest BCUT2D eigenvalue weighted by molar-refractivity contribution is -0.126. The maximum absolute atomic E-state index is 12.8. The second kappa shape index (κ2) is 9.76. The van der Waals surface area contributed by atoms with E-state index in [1.54, 1.807) is 48.5 Å². The number of aliphatic hydroxyl groups excluding tert-OH is 1. The quantitative estimate of drug-likeness (QED) is 0.609. The zero-order valence-corrected chi connectivity index (χ0v) is 18.3. The number of hydrogen-bond acceptors (Lipinski definition) is 7. The summed E-state index contributed by atoms with van der Waals surface area (Å²) >= 11 is 0. The number of rotatable bonds is 8. The molecule has 9 nitrogen and oxygen atoms in total. The molecular weight excluding hydrogens is 436 g/mol. The number of aliphatic hydroxyl groups is 1. The molecule has 2 aromatic carbocycles. The third-order valence-corrected chi connectivity index (χ3v) is 7.31. The Bertz CT molecular complexity index is 1050. The molecule has 2 unspecified atom stereocenters. The van der Waals surface area contributed by atoms with Crippen molar-refractivity contribution in [2.24, 2.45) is 5.92 Å². The van der Waals surface area contributed by atoms with Gasteiger partial charge < -0.3 is 24.6 Å². The van der Waals surface area contributed by atoms with Crippen LogP contribution < -0.4 is 19.5 Å². The van der Waals surface area contributed by atoms with Gasteiger partial charge in [-0.3, -0.25) is 4.79 Å². The van der Waals surface area contributed by atoms with Crippen molar-refractivity contribution >= 4 is 15.9 Å². The number of carbonyl (C=O) groups excluding carboxylic acids is 1. The number of piperidine rings is 1. The molecule has 0 bridgehead atoms. The van der Waals surface area contributed by atoms with E-state index in [1.807, 2.05) is 0 Å². The highest BCUT2D eigenvalue weighted by molar-refractivity contribution is 7.89. The minimum absolute atomic E-state index is 0.00528.